The molecule has 2 rings (SSSR count). The van der Waals surface area contributed by atoms with E-state index in [1.807, 2.05) is 0 Å². The van der Waals surface area contributed by atoms with E-state index < -0.39 is 28.0 Å². The van der Waals surface area contributed by atoms with Gasteiger partial charge in [-0.3, -0.25) is 4.79 Å². The van der Waals surface area contributed by atoms with Gasteiger partial charge < -0.3 is 19.5 Å². The van der Waals surface area contributed by atoms with Crippen LogP contribution in [-0.4, -0.2) is 40.6 Å². The maximum Gasteiger partial charge on any atom is 0.342 e. The van der Waals surface area contributed by atoms with Gasteiger partial charge in [-0.05, 0) is 37.3 Å². The van der Waals surface area contributed by atoms with E-state index in [1.54, 1.807) is 24.3 Å². The molecule has 1 atom stereocenters. The highest BCUT2D eigenvalue weighted by Gasteiger charge is 2.24. The van der Waals surface area contributed by atoms with Crippen LogP contribution in [0.1, 0.15) is 17.3 Å². The Morgan fingerprint density at radius 3 is 2.29 bits per heavy atom. The summed E-state index contributed by atoms with van der Waals surface area (Å²) in [4.78, 5) is 24.5. The van der Waals surface area contributed by atoms with Crippen LogP contribution in [0.25, 0.3) is 0 Å². The molecule has 150 valence electrons. The topological polar surface area (TPSA) is 134 Å². The number of sulfonamides is 1. The van der Waals surface area contributed by atoms with E-state index in [4.69, 9.17) is 19.3 Å². The van der Waals surface area contributed by atoms with Crippen molar-refractivity contribution in [1.29, 1.82) is 0 Å². The van der Waals surface area contributed by atoms with Crippen molar-refractivity contribution < 1.29 is 32.2 Å². The highest BCUT2D eigenvalue weighted by atomic mass is 32.2. The number of esters is 1. The normalized spacial score (nSPS) is 12.0. The first-order chi connectivity index (χ1) is 13.2. The second-order valence-electron chi connectivity index (χ2n) is 5.64. The van der Waals surface area contributed by atoms with Gasteiger partial charge in [-0.25, -0.2) is 18.4 Å². The predicted octanol–water partition coefficient (Wildman–Crippen LogP) is 1.54. The van der Waals surface area contributed by atoms with Crippen LogP contribution in [0.5, 0.6) is 11.5 Å². The number of benzene rings is 2. The van der Waals surface area contributed by atoms with Gasteiger partial charge in [0.2, 0.25) is 10.0 Å². The SMILES string of the molecule is COc1ccccc1NC(=O)[C@@H](C)OC(=O)c1cc(S(N)(=O)=O)ccc1OC. The van der Waals surface area contributed by atoms with Gasteiger partial charge >= 0.3 is 5.97 Å². The number of methoxy groups -OCH3 is 2. The van der Waals surface area contributed by atoms with Crippen molar-refractivity contribution in [3.05, 3.63) is 48.0 Å². The monoisotopic (exact) mass is 408 g/mol. The van der Waals surface area contributed by atoms with Crippen LogP contribution in [0.2, 0.25) is 0 Å². The van der Waals surface area contributed by atoms with Crippen LogP contribution in [0.4, 0.5) is 5.69 Å². The van der Waals surface area contributed by atoms with Gasteiger partial charge in [-0.15, -0.1) is 0 Å². The van der Waals surface area contributed by atoms with Crippen molar-refractivity contribution in [1.82, 2.24) is 0 Å². The van der Waals surface area contributed by atoms with E-state index in [-0.39, 0.29) is 16.2 Å². The first-order valence-electron chi connectivity index (χ1n) is 8.03. The van der Waals surface area contributed by atoms with Crippen molar-refractivity contribution in [3.8, 4) is 11.5 Å². The molecule has 28 heavy (non-hydrogen) atoms. The third-order valence-electron chi connectivity index (χ3n) is 3.74. The molecule has 0 aliphatic heterocycles. The molecule has 0 saturated heterocycles. The van der Waals surface area contributed by atoms with E-state index in [9.17, 15) is 18.0 Å². The molecule has 0 aromatic heterocycles. The highest BCUT2D eigenvalue weighted by molar-refractivity contribution is 7.89. The fourth-order valence-corrected chi connectivity index (χ4v) is 2.82. The lowest BCUT2D eigenvalue weighted by Gasteiger charge is -2.16. The summed E-state index contributed by atoms with van der Waals surface area (Å²) in [6, 6.07) is 10.2. The number of carbonyl (C=O) groups excluding carboxylic acids is 2. The van der Waals surface area contributed by atoms with E-state index in [0.29, 0.717) is 11.4 Å². The Hall–Kier alpha value is -3.11. The van der Waals surface area contributed by atoms with Gasteiger partial charge in [0.1, 0.15) is 17.1 Å². The Kier molecular flexibility index (Phi) is 6.60. The zero-order valence-corrected chi connectivity index (χ0v) is 16.3. The average Bonchev–Trinajstić information content (AvgIpc) is 2.66. The molecule has 0 radical (unpaired) electrons. The third kappa shape index (κ3) is 4.99. The molecule has 2 aromatic carbocycles. The Morgan fingerprint density at radius 2 is 1.68 bits per heavy atom. The fourth-order valence-electron chi connectivity index (χ4n) is 2.28. The van der Waals surface area contributed by atoms with Gasteiger partial charge in [0, 0.05) is 0 Å². The summed E-state index contributed by atoms with van der Waals surface area (Å²) in [5, 5.41) is 7.68. The minimum absolute atomic E-state index is 0.0785. The van der Waals surface area contributed by atoms with Gasteiger partial charge in [-0.1, -0.05) is 12.1 Å². The molecule has 1 amide bonds. The number of primary sulfonamides is 1. The van der Waals surface area contributed by atoms with Crippen molar-refractivity contribution in [2.24, 2.45) is 5.14 Å². The molecular weight excluding hydrogens is 388 g/mol. The molecule has 2 aromatic rings. The zero-order chi connectivity index (χ0) is 20.9. The van der Waals surface area contributed by atoms with E-state index in [0.717, 1.165) is 6.07 Å². The van der Waals surface area contributed by atoms with Crippen LogP contribution in [0, 0.1) is 0 Å². The highest BCUT2D eigenvalue weighted by Crippen LogP contribution is 2.25. The smallest absolute Gasteiger partial charge is 0.342 e. The number of nitrogens with one attached hydrogen (secondary N) is 1. The maximum absolute atomic E-state index is 12.5. The maximum atomic E-state index is 12.5. The molecule has 0 aliphatic carbocycles. The van der Waals surface area contributed by atoms with E-state index in [2.05, 4.69) is 5.32 Å². The molecule has 3 N–H and O–H groups in total. The molecule has 0 fully saturated rings. The average molecular weight is 408 g/mol. The zero-order valence-electron chi connectivity index (χ0n) is 15.5. The van der Waals surface area contributed by atoms with Crippen molar-refractivity contribution in [2.75, 3.05) is 19.5 Å². The summed E-state index contributed by atoms with van der Waals surface area (Å²) >= 11 is 0. The number of ether oxygens (including phenoxy) is 3. The summed E-state index contributed by atoms with van der Waals surface area (Å²) < 4.78 is 38.4. The number of rotatable bonds is 7. The minimum atomic E-state index is -4.03. The number of amides is 1. The second-order valence-corrected chi connectivity index (χ2v) is 7.21. The number of nitrogens with two attached hydrogens (primary N) is 1. The molecule has 9 nitrogen and oxygen atoms in total. The summed E-state index contributed by atoms with van der Waals surface area (Å²) in [6.45, 7) is 1.37. The number of para-hydroxylation sites is 2. The molecule has 0 spiro atoms. The van der Waals surface area contributed by atoms with Crippen LogP contribution in [0.15, 0.2) is 47.4 Å². The molecule has 0 unspecified atom stereocenters. The van der Waals surface area contributed by atoms with E-state index in [1.165, 1.54) is 33.3 Å². The predicted molar refractivity (Wildman–Crippen MR) is 101 cm³/mol. The minimum Gasteiger partial charge on any atom is -0.496 e. The Bertz CT molecular complexity index is 989. The molecule has 0 aliphatic rings. The lowest BCUT2D eigenvalue weighted by atomic mass is 10.2. The fraction of sp³-hybridized carbons (Fsp3) is 0.222. The lowest BCUT2D eigenvalue weighted by molar-refractivity contribution is -0.123. The third-order valence-corrected chi connectivity index (χ3v) is 4.65. The van der Waals surface area contributed by atoms with Crippen LogP contribution in [0.3, 0.4) is 0 Å². The molecule has 0 heterocycles. The van der Waals surface area contributed by atoms with Gasteiger partial charge in [-0.2, -0.15) is 0 Å². The number of hydrogen-bond donors (Lipinski definition) is 2. The summed E-state index contributed by atoms with van der Waals surface area (Å²) in [5.74, 6) is -1.02. The van der Waals surface area contributed by atoms with Gasteiger partial charge in [0.25, 0.3) is 5.91 Å². The second kappa shape index (κ2) is 8.72. The first-order valence-corrected chi connectivity index (χ1v) is 9.57. The van der Waals surface area contributed by atoms with E-state index >= 15 is 0 Å². The summed E-state index contributed by atoms with van der Waals surface area (Å²) in [5.41, 5.74) is 0.234. The van der Waals surface area contributed by atoms with Gasteiger partial charge in [0.05, 0.1) is 24.8 Å². The van der Waals surface area contributed by atoms with Crippen LogP contribution < -0.4 is 19.9 Å². The number of hydrogen-bond acceptors (Lipinski definition) is 7. The first kappa shape index (κ1) is 21.2. The molecular formula is C18H20N2O7S. The molecule has 0 bridgehead atoms. The largest absolute Gasteiger partial charge is 0.496 e. The van der Waals surface area contributed by atoms with Crippen molar-refractivity contribution in [3.63, 3.8) is 0 Å². The summed E-state index contributed by atoms with van der Waals surface area (Å²) in [6.07, 6.45) is -1.18. The van der Waals surface area contributed by atoms with Crippen LogP contribution >= 0.6 is 0 Å². The standard InChI is InChI=1S/C18H20N2O7S/c1-11(17(21)20-14-6-4-5-7-16(14)26-3)27-18(22)13-10-12(28(19,23)24)8-9-15(13)25-2/h4-11H,1-3H3,(H,20,21)(H2,19,23,24)/t11-/m1/s1. The number of anilines is 1. The van der Waals surface area contributed by atoms with Crippen molar-refractivity contribution in [2.45, 2.75) is 17.9 Å². The van der Waals surface area contributed by atoms with Gasteiger partial charge in [0.15, 0.2) is 6.10 Å². The number of carbonyl (C=O) groups is 2. The Labute approximate surface area is 162 Å². The molecule has 10 heteroatoms. The lowest BCUT2D eigenvalue weighted by Crippen LogP contribution is -2.30. The Morgan fingerprint density at radius 1 is 1.04 bits per heavy atom. The quantitative estimate of drug-likeness (QED) is 0.664. The van der Waals surface area contributed by atoms with Crippen molar-refractivity contribution >= 4 is 27.6 Å². The Balaban J connectivity index is 2.18. The molecule has 0 saturated carbocycles. The summed E-state index contributed by atoms with van der Waals surface area (Å²) in [7, 11) is -1.27. The van der Waals surface area contributed by atoms with Crippen LogP contribution in [-0.2, 0) is 19.6 Å².